The first-order chi connectivity index (χ1) is 14.5. The van der Waals surface area contributed by atoms with Gasteiger partial charge >= 0.3 is 169 Å². The van der Waals surface area contributed by atoms with Gasteiger partial charge in [0.1, 0.15) is 0 Å². The molecule has 0 saturated heterocycles. The number of nitriles is 1. The summed E-state index contributed by atoms with van der Waals surface area (Å²) < 4.78 is 6.97. The Hall–Kier alpha value is -2.78. The topological polar surface area (TPSA) is 84.1 Å². The van der Waals surface area contributed by atoms with Gasteiger partial charge in [0, 0.05) is 5.02 Å². The first-order valence-electron chi connectivity index (χ1n) is 9.22. The van der Waals surface area contributed by atoms with Crippen LogP contribution >= 0.6 is 11.6 Å². The number of benzene rings is 2. The van der Waals surface area contributed by atoms with Crippen molar-refractivity contribution in [3.8, 4) is 10.7 Å². The molecule has 1 N–H and O–H groups in total. The molecule has 0 radical (unpaired) electrons. The molecule has 0 aliphatic carbocycles. The van der Waals surface area contributed by atoms with Gasteiger partial charge in [-0.05, 0) is 0 Å². The van der Waals surface area contributed by atoms with Crippen LogP contribution in [0.25, 0.3) is 10.9 Å². The van der Waals surface area contributed by atoms with Crippen LogP contribution in [-0.2, 0) is 11.2 Å². The van der Waals surface area contributed by atoms with Crippen LogP contribution in [0.4, 0.5) is 0 Å². The second kappa shape index (κ2) is 9.82. The van der Waals surface area contributed by atoms with Gasteiger partial charge in [-0.3, -0.25) is 0 Å². The molecule has 154 valence electrons. The summed E-state index contributed by atoms with van der Waals surface area (Å²) in [5.74, 6) is 0.312. The first-order valence-corrected chi connectivity index (χ1v) is 11.7. The predicted molar refractivity (Wildman–Crippen MR) is 117 cm³/mol. The quantitative estimate of drug-likeness (QED) is 0.407. The summed E-state index contributed by atoms with van der Waals surface area (Å²) in [7, 11) is 1.58. The molecule has 0 fully saturated rings. The van der Waals surface area contributed by atoms with E-state index in [0.29, 0.717) is 39.4 Å². The minimum atomic E-state index is -0.192. The third-order valence-electron chi connectivity index (χ3n) is 4.76. The maximum atomic E-state index is 13.2. The van der Waals surface area contributed by atoms with Crippen molar-refractivity contribution in [3.63, 3.8) is 0 Å². The molecule has 6 nitrogen and oxygen atoms in total. The molecule has 30 heavy (non-hydrogen) atoms. The summed E-state index contributed by atoms with van der Waals surface area (Å²) in [5, 5.41) is 13.5. The SMILES string of the molecule is COc1ccc2c(c1)c(CC(=O)NCC[Se]C#N)c(C)n2C(=O)c1ccc(Cl)cc1. The van der Waals surface area contributed by atoms with Crippen molar-refractivity contribution in [2.24, 2.45) is 0 Å². The Balaban J connectivity index is 2.01. The average molecular weight is 489 g/mol. The fourth-order valence-corrected chi connectivity index (χ4v) is 4.05. The van der Waals surface area contributed by atoms with Crippen LogP contribution in [0.15, 0.2) is 42.5 Å². The monoisotopic (exact) mass is 489 g/mol. The normalized spacial score (nSPS) is 10.6. The standard InChI is InChI=1S/C22H20ClN3O3Se/c1-14-18(12-21(27)25-9-10-30-13-24)19-11-17(29-2)7-8-20(19)26(14)22(28)15-3-5-16(23)6-4-15/h3-8,11H,9-10,12H2,1-2H3,(H,25,27). The number of amides is 1. The van der Waals surface area contributed by atoms with Gasteiger partial charge in [0.15, 0.2) is 0 Å². The van der Waals surface area contributed by atoms with Crippen LogP contribution < -0.4 is 10.1 Å². The maximum absolute atomic E-state index is 13.2. The zero-order chi connectivity index (χ0) is 21.7. The van der Waals surface area contributed by atoms with Crippen molar-refractivity contribution < 1.29 is 14.3 Å². The molecule has 3 rings (SSSR count). The van der Waals surface area contributed by atoms with E-state index < -0.39 is 0 Å². The summed E-state index contributed by atoms with van der Waals surface area (Å²) in [6.45, 7) is 2.30. The van der Waals surface area contributed by atoms with Crippen molar-refractivity contribution >= 4 is 49.3 Å². The van der Waals surface area contributed by atoms with Gasteiger partial charge in [0.25, 0.3) is 0 Å². The van der Waals surface area contributed by atoms with Crippen molar-refractivity contribution in [1.82, 2.24) is 9.88 Å². The summed E-state index contributed by atoms with van der Waals surface area (Å²) in [6.07, 6.45) is 0.135. The number of nitrogens with zero attached hydrogens (tertiary/aromatic N) is 2. The zero-order valence-corrected chi connectivity index (χ0v) is 19.0. The number of halogens is 1. The molecule has 0 aliphatic heterocycles. The molecule has 0 aliphatic rings. The molecule has 0 bridgehead atoms. The van der Waals surface area contributed by atoms with E-state index >= 15 is 0 Å². The Morgan fingerprint density at radius 1 is 1.23 bits per heavy atom. The second-order valence-electron chi connectivity index (χ2n) is 6.56. The van der Waals surface area contributed by atoms with Gasteiger partial charge in [-0.15, -0.1) is 0 Å². The molecular formula is C22H20ClN3O3Se. The molecule has 3 aromatic rings. The molecule has 0 spiro atoms. The second-order valence-corrected chi connectivity index (χ2v) is 8.84. The Kier molecular flexibility index (Phi) is 7.17. The fourth-order valence-electron chi connectivity index (χ4n) is 3.31. The van der Waals surface area contributed by atoms with Gasteiger partial charge in [-0.1, -0.05) is 11.6 Å². The third kappa shape index (κ3) is 4.68. The summed E-state index contributed by atoms with van der Waals surface area (Å²) in [5.41, 5.74) is 2.69. The number of rotatable bonds is 7. The number of carbonyl (C=O) groups excluding carboxylic acids is 2. The number of fused-ring (bicyclic) bond motifs is 1. The van der Waals surface area contributed by atoms with Gasteiger partial charge in [0.2, 0.25) is 0 Å². The van der Waals surface area contributed by atoms with E-state index in [9.17, 15) is 9.59 Å². The molecule has 0 saturated carbocycles. The van der Waals surface area contributed by atoms with Crippen LogP contribution in [-0.4, -0.2) is 45.0 Å². The van der Waals surface area contributed by atoms with E-state index in [4.69, 9.17) is 21.6 Å². The number of ether oxygens (including phenoxy) is 1. The van der Waals surface area contributed by atoms with Gasteiger partial charge < -0.3 is 0 Å². The van der Waals surface area contributed by atoms with E-state index in [-0.39, 0.29) is 33.2 Å². The van der Waals surface area contributed by atoms with E-state index in [1.807, 2.05) is 19.1 Å². The van der Waals surface area contributed by atoms with Crippen LogP contribution in [0, 0.1) is 17.2 Å². The van der Waals surface area contributed by atoms with E-state index in [1.165, 1.54) is 0 Å². The number of nitrogens with one attached hydrogen (secondary N) is 1. The number of carbonyl (C=O) groups is 2. The van der Waals surface area contributed by atoms with Crippen molar-refractivity contribution in [2.45, 2.75) is 18.7 Å². The average Bonchev–Trinajstić information content (AvgIpc) is 3.02. The fraction of sp³-hybridized carbons (Fsp3) is 0.227. The molecule has 1 heterocycles. The zero-order valence-electron chi connectivity index (χ0n) is 16.6. The third-order valence-corrected chi connectivity index (χ3v) is 6.14. The number of methoxy groups -OCH3 is 1. The molecule has 2 aromatic carbocycles. The van der Waals surface area contributed by atoms with E-state index in [2.05, 4.69) is 10.3 Å². The molecule has 0 atom stereocenters. The van der Waals surface area contributed by atoms with Crippen LogP contribution in [0.1, 0.15) is 21.6 Å². The number of hydrogen-bond acceptors (Lipinski definition) is 4. The van der Waals surface area contributed by atoms with Crippen molar-refractivity contribution in [3.05, 3.63) is 64.3 Å². The molecule has 1 aromatic heterocycles. The number of hydrogen-bond donors (Lipinski definition) is 1. The van der Waals surface area contributed by atoms with Gasteiger partial charge in [-0.25, -0.2) is 0 Å². The molecule has 8 heteroatoms. The van der Waals surface area contributed by atoms with Crippen LogP contribution in [0.2, 0.25) is 10.3 Å². The van der Waals surface area contributed by atoms with Crippen molar-refractivity contribution in [2.75, 3.05) is 13.7 Å². The molecule has 1 amide bonds. The predicted octanol–water partition coefficient (Wildman–Crippen LogP) is 3.56. The van der Waals surface area contributed by atoms with Gasteiger partial charge in [-0.2, -0.15) is 0 Å². The van der Waals surface area contributed by atoms with Crippen molar-refractivity contribution in [1.29, 1.82) is 5.26 Å². The summed E-state index contributed by atoms with van der Waals surface area (Å²) in [6, 6.07) is 12.2. The van der Waals surface area contributed by atoms with Crippen LogP contribution in [0.3, 0.4) is 0 Å². The van der Waals surface area contributed by atoms with E-state index in [1.54, 1.807) is 42.0 Å². The molecule has 0 unspecified atom stereocenters. The Morgan fingerprint density at radius 3 is 2.63 bits per heavy atom. The van der Waals surface area contributed by atoms with E-state index in [0.717, 1.165) is 10.9 Å². The minimum absolute atomic E-state index is 0.127. The summed E-state index contributed by atoms with van der Waals surface area (Å²) in [4.78, 5) is 27.9. The van der Waals surface area contributed by atoms with Gasteiger partial charge in [0.05, 0.1) is 0 Å². The van der Waals surface area contributed by atoms with Crippen LogP contribution in [0.5, 0.6) is 5.75 Å². The number of aromatic nitrogens is 1. The Bertz CT molecular complexity index is 1130. The first kappa shape index (κ1) is 21.9. The molecular weight excluding hydrogens is 469 g/mol. The Morgan fingerprint density at radius 2 is 1.97 bits per heavy atom. The summed E-state index contributed by atoms with van der Waals surface area (Å²) >= 11 is 5.82. The Labute approximate surface area is 185 Å².